The Balaban J connectivity index is 1.06. The zero-order valence-corrected chi connectivity index (χ0v) is 24.7. The van der Waals surface area contributed by atoms with Gasteiger partial charge in [-0.3, -0.25) is 19.1 Å². The van der Waals surface area contributed by atoms with Gasteiger partial charge in [-0.25, -0.2) is 18.7 Å². The molecule has 0 aliphatic carbocycles. The Morgan fingerprint density at radius 2 is 1.84 bits per heavy atom. The van der Waals surface area contributed by atoms with Crippen LogP contribution in [0.25, 0.3) is 22.3 Å². The number of H-pyrrole nitrogens is 2. The van der Waals surface area contributed by atoms with E-state index in [2.05, 4.69) is 57.6 Å². The molecule has 4 aromatic rings. The second-order valence-electron chi connectivity index (χ2n) is 9.50. The summed E-state index contributed by atoms with van der Waals surface area (Å²) in [4.78, 5) is 40.9. The van der Waals surface area contributed by atoms with Gasteiger partial charge in [0, 0.05) is 15.4 Å². The van der Waals surface area contributed by atoms with Crippen LogP contribution in [0.5, 0.6) is 0 Å². The summed E-state index contributed by atoms with van der Waals surface area (Å²) in [6, 6.07) is 0. The Hall–Kier alpha value is -2.74. The van der Waals surface area contributed by atoms with E-state index >= 15 is 8.78 Å². The first-order chi connectivity index (χ1) is 20.8. The number of hydrogen-bond acceptors (Lipinski definition) is 15. The highest BCUT2D eigenvalue weighted by Gasteiger charge is 2.49. The summed E-state index contributed by atoms with van der Waals surface area (Å²) < 4.78 is 66.1. The van der Waals surface area contributed by atoms with E-state index in [1.54, 1.807) is 0 Å². The van der Waals surface area contributed by atoms with Crippen molar-refractivity contribution in [1.82, 2.24) is 44.5 Å². The van der Waals surface area contributed by atoms with Crippen LogP contribution in [-0.4, -0.2) is 95.0 Å². The number of rotatable bonds is 11. The molecule has 2 fully saturated rings. The van der Waals surface area contributed by atoms with Crippen LogP contribution in [0.1, 0.15) is 12.5 Å². The number of nitrogen functional groups attached to an aromatic ring is 1. The summed E-state index contributed by atoms with van der Waals surface area (Å²) in [7, 11) is 1.46. The second kappa shape index (κ2) is 12.7. The van der Waals surface area contributed by atoms with Gasteiger partial charge in [0.25, 0.3) is 11.1 Å². The highest BCUT2D eigenvalue weighted by molar-refractivity contribution is 7.75. The van der Waals surface area contributed by atoms with Gasteiger partial charge >= 0.3 is 0 Å². The molecule has 2 aliphatic heterocycles. The van der Waals surface area contributed by atoms with Crippen LogP contribution in [0.15, 0.2) is 22.2 Å². The number of imidazole rings is 1. The fourth-order valence-electron chi connectivity index (χ4n) is 4.95. The van der Waals surface area contributed by atoms with Crippen LogP contribution in [0, 0.1) is 5.92 Å². The van der Waals surface area contributed by atoms with Gasteiger partial charge in [0.05, 0.1) is 38.6 Å². The van der Waals surface area contributed by atoms with Gasteiger partial charge in [-0.15, -0.1) is 5.10 Å². The van der Waals surface area contributed by atoms with Crippen LogP contribution in [0.3, 0.4) is 0 Å². The number of nitrogens with two attached hydrogens (primary N) is 1. The smallest absolute Gasteiger partial charge is 0.282 e. The highest BCUT2D eigenvalue weighted by Crippen LogP contribution is 2.40. The van der Waals surface area contributed by atoms with Crippen molar-refractivity contribution >= 4 is 59.7 Å². The van der Waals surface area contributed by atoms with E-state index < -0.39 is 69.2 Å². The average Bonchev–Trinajstić information content (AvgIpc) is 3.74. The van der Waals surface area contributed by atoms with E-state index in [4.69, 9.17) is 33.0 Å². The molecule has 4 aromatic heterocycles. The van der Waals surface area contributed by atoms with Gasteiger partial charge in [0.2, 0.25) is 5.95 Å². The zero-order chi connectivity index (χ0) is 30.2. The Morgan fingerprint density at radius 3 is 2.63 bits per heavy atom. The number of nitrogens with zero attached hydrogens (tertiary/aromatic N) is 7. The number of fused-ring (bicyclic) bond motifs is 2. The maximum absolute atomic E-state index is 15.6. The molecule has 6 heterocycles. The molecule has 2 saturated heterocycles. The molecule has 0 amide bonds. The predicted octanol–water partition coefficient (Wildman–Crippen LogP) is -0.104. The first kappa shape index (κ1) is 30.3. The molecule has 0 saturated carbocycles. The fraction of sp³-hybridized carbons (Fsp3) is 0.550. The predicted molar refractivity (Wildman–Crippen MR) is 149 cm³/mol. The standard InChI is InChI=1S/C20H24F2N10O8P2S/c21-9-6(7(2-35-41)38-18(9)31-5-26-11-14(31)24-4-25-16(11)33)1-36-42-37-3-8-10(22)13(40-43)19(39-8)32-15-12(29-30-32)17(34)28-20(23)27-15/h4-10,13,18-19,42-43H,1-3,41H2,(H,24,25,33)(H3,23,27,28,34)/t6-,7-,8-,9+,10+,13-,18-,19-/m1/s1. The van der Waals surface area contributed by atoms with Crippen LogP contribution >= 0.6 is 31.4 Å². The maximum atomic E-state index is 15.6. The van der Waals surface area contributed by atoms with Crippen LogP contribution in [0.4, 0.5) is 14.7 Å². The Bertz CT molecular complexity index is 1710. The molecule has 10 atom stereocenters. The monoisotopic (exact) mass is 664 g/mol. The Labute approximate surface area is 248 Å². The third-order valence-electron chi connectivity index (χ3n) is 6.99. The van der Waals surface area contributed by atoms with Crippen molar-refractivity contribution in [2.45, 2.75) is 43.1 Å². The summed E-state index contributed by atoms with van der Waals surface area (Å²) in [5, 5.41) is 7.60. The first-order valence-corrected chi connectivity index (χ1v) is 14.2. The van der Waals surface area contributed by atoms with E-state index in [1.807, 2.05) is 0 Å². The van der Waals surface area contributed by atoms with Crippen molar-refractivity contribution in [2.75, 3.05) is 25.6 Å². The molecular weight excluding hydrogens is 640 g/mol. The summed E-state index contributed by atoms with van der Waals surface area (Å²) in [5.41, 5.74) is 4.58. The minimum absolute atomic E-state index is 0.0336. The molecule has 0 spiro atoms. The molecule has 2 aliphatic rings. The van der Waals surface area contributed by atoms with Crippen molar-refractivity contribution in [3.05, 3.63) is 33.4 Å². The quantitative estimate of drug-likeness (QED) is 0.0712. The van der Waals surface area contributed by atoms with Gasteiger partial charge in [-0.1, -0.05) is 5.21 Å². The van der Waals surface area contributed by atoms with E-state index in [0.717, 1.165) is 4.68 Å². The number of alkyl halides is 2. The number of ether oxygens (including phenoxy) is 2. The van der Waals surface area contributed by atoms with Crippen molar-refractivity contribution in [3.8, 4) is 0 Å². The normalized spacial score (nSPS) is 29.6. The number of nitrogens with one attached hydrogen (secondary N) is 2. The molecule has 2 unspecified atom stereocenters. The minimum atomic E-state index is -1.72. The lowest BCUT2D eigenvalue weighted by Crippen LogP contribution is -2.31. The van der Waals surface area contributed by atoms with Crippen molar-refractivity contribution in [3.63, 3.8) is 0 Å². The lowest BCUT2D eigenvalue weighted by molar-refractivity contribution is -0.0464. The molecular formula is C20H24F2N10O8P2S. The van der Waals surface area contributed by atoms with Gasteiger partial charge in [0.1, 0.15) is 6.10 Å². The lowest BCUT2D eigenvalue weighted by Gasteiger charge is -2.18. The summed E-state index contributed by atoms with van der Waals surface area (Å²) in [6.07, 6.45) is -6.27. The maximum Gasteiger partial charge on any atom is 0.282 e. The zero-order valence-electron chi connectivity index (χ0n) is 21.6. The molecule has 0 aromatic carbocycles. The van der Waals surface area contributed by atoms with E-state index in [0.29, 0.717) is 0 Å². The molecule has 232 valence electrons. The average molecular weight is 664 g/mol. The van der Waals surface area contributed by atoms with Crippen molar-refractivity contribution < 1.29 is 36.0 Å². The largest absolute Gasteiger partial charge is 0.369 e. The van der Waals surface area contributed by atoms with Crippen molar-refractivity contribution in [1.29, 1.82) is 0 Å². The van der Waals surface area contributed by atoms with Crippen molar-refractivity contribution in [2.24, 2.45) is 5.92 Å². The third kappa shape index (κ3) is 5.65. The van der Waals surface area contributed by atoms with Gasteiger partial charge in [-0.2, -0.15) is 9.67 Å². The Morgan fingerprint density at radius 1 is 1.05 bits per heavy atom. The number of anilines is 1. The first-order valence-electron chi connectivity index (χ1n) is 12.5. The molecule has 6 rings (SSSR count). The van der Waals surface area contributed by atoms with Gasteiger partial charge in [0.15, 0.2) is 62.3 Å². The van der Waals surface area contributed by atoms with Crippen LogP contribution in [-0.2, 0) is 27.2 Å². The lowest BCUT2D eigenvalue weighted by atomic mass is 10.0. The summed E-state index contributed by atoms with van der Waals surface area (Å²) in [6.45, 7) is -0.359. The minimum Gasteiger partial charge on any atom is -0.369 e. The van der Waals surface area contributed by atoms with Crippen LogP contribution < -0.4 is 16.9 Å². The second-order valence-corrected chi connectivity index (χ2v) is 10.8. The molecule has 23 heteroatoms. The third-order valence-corrected chi connectivity index (χ3v) is 8.00. The van der Waals surface area contributed by atoms with E-state index in [-0.39, 0.29) is 48.1 Å². The topological polar surface area (TPSA) is 221 Å². The molecule has 4 N–H and O–H groups in total. The number of thiol groups is 1. The molecule has 0 radical (unpaired) electrons. The summed E-state index contributed by atoms with van der Waals surface area (Å²) in [5.74, 6) is -0.975. The molecule has 0 bridgehead atoms. The molecule has 43 heavy (non-hydrogen) atoms. The number of aromatic amines is 2. The van der Waals surface area contributed by atoms with Crippen LogP contribution in [0.2, 0.25) is 0 Å². The van der Waals surface area contributed by atoms with E-state index in [9.17, 15) is 9.59 Å². The fourth-order valence-corrected chi connectivity index (χ4v) is 5.94. The number of aromatic nitrogens is 9. The van der Waals surface area contributed by atoms with Gasteiger partial charge < -0.3 is 37.9 Å². The Kier molecular flexibility index (Phi) is 8.95. The summed E-state index contributed by atoms with van der Waals surface area (Å²) >= 11 is 3.76. The number of hydrogen-bond donors (Lipinski definition) is 4. The number of halogens is 2. The highest BCUT2D eigenvalue weighted by atomic mass is 32.1. The van der Waals surface area contributed by atoms with Gasteiger partial charge in [-0.05, 0) is 12.9 Å². The molecule has 18 nitrogen and oxygen atoms in total. The van der Waals surface area contributed by atoms with E-state index in [1.165, 1.54) is 17.2 Å². The SMILES string of the molecule is Nc1nc2c(nnn2[C@@H]2O[C@H](COPOC[C@H]3[C@H](F)[C@H](n4cnc5c(=O)[nH]cnc54)O[C@@H]3COP)[C@H](F)[C@H]2OS)c(=O)[nH]1.